The summed E-state index contributed by atoms with van der Waals surface area (Å²) < 4.78 is 100. The Hall–Kier alpha value is -4.38. The SMILES string of the molecule is CCC[C@H]1N(C(=O)c2cnccc2C(F)(F)F)CCC[C@@]1(Oc1csc(C(F)(F)F)c1)C(=O)N1CCC(O)(c2ccccc2OCCCC(=O)OCC)CC1. The number of alkyl halides is 6. The summed E-state index contributed by atoms with van der Waals surface area (Å²) >= 11 is 0.367. The van der Waals surface area contributed by atoms with Crippen molar-refractivity contribution < 1.29 is 60.0 Å². The van der Waals surface area contributed by atoms with Gasteiger partial charge in [-0.25, -0.2) is 0 Å². The molecule has 2 atom stereocenters. The molecule has 55 heavy (non-hydrogen) atoms. The predicted octanol–water partition coefficient (Wildman–Crippen LogP) is 7.64. The van der Waals surface area contributed by atoms with Gasteiger partial charge in [-0.3, -0.25) is 19.4 Å². The van der Waals surface area contributed by atoms with E-state index in [-0.39, 0.29) is 83.1 Å². The van der Waals surface area contributed by atoms with E-state index in [0.717, 1.165) is 28.7 Å². The van der Waals surface area contributed by atoms with E-state index in [1.807, 2.05) is 0 Å². The van der Waals surface area contributed by atoms with Crippen molar-refractivity contribution in [2.45, 2.75) is 94.8 Å². The highest BCUT2D eigenvalue weighted by atomic mass is 32.1. The summed E-state index contributed by atoms with van der Waals surface area (Å²) in [6, 6.07) is 7.12. The maximum Gasteiger partial charge on any atom is 0.425 e. The van der Waals surface area contributed by atoms with Crippen molar-refractivity contribution in [1.82, 2.24) is 14.8 Å². The van der Waals surface area contributed by atoms with Gasteiger partial charge in [0.05, 0.1) is 36.0 Å². The normalized spacial score (nSPS) is 20.2. The van der Waals surface area contributed by atoms with Gasteiger partial charge in [-0.15, -0.1) is 11.3 Å². The second-order valence-corrected chi connectivity index (χ2v) is 14.4. The molecule has 2 aliphatic heterocycles. The van der Waals surface area contributed by atoms with Crippen molar-refractivity contribution >= 4 is 29.1 Å². The fourth-order valence-electron chi connectivity index (χ4n) is 7.33. The number of hydrogen-bond donors (Lipinski definition) is 1. The van der Waals surface area contributed by atoms with E-state index in [1.165, 1.54) is 4.90 Å². The topological polar surface area (TPSA) is 119 Å². The second kappa shape index (κ2) is 17.2. The lowest BCUT2D eigenvalue weighted by atomic mass is 9.78. The fourth-order valence-corrected chi connectivity index (χ4v) is 8.00. The standard InChI is InChI=1S/C38H43F6N3O7S/c1-3-9-30-36(54-25-22-31(55-24-25)38(42,43)44,14-8-18-47(30)33(49)26-23-45-17-13-27(26)37(39,40)41)34(50)46-19-15-35(51,16-20-46)28-10-5-6-11-29(28)53-21-7-12-32(48)52-4-2/h5-6,10-11,13,17,22-24,30,51H,3-4,7-9,12,14-16,18-21H2,1-2H3/t30-,36+/m1/s1. The van der Waals surface area contributed by atoms with Crippen LogP contribution in [0.15, 0.2) is 54.2 Å². The number of esters is 1. The van der Waals surface area contributed by atoms with Crippen LogP contribution in [-0.2, 0) is 32.3 Å². The van der Waals surface area contributed by atoms with Crippen LogP contribution in [0.3, 0.4) is 0 Å². The molecule has 0 bridgehead atoms. The number of halogens is 6. The highest BCUT2D eigenvalue weighted by Crippen LogP contribution is 2.44. The molecule has 10 nitrogen and oxygen atoms in total. The van der Waals surface area contributed by atoms with Crippen molar-refractivity contribution in [3.8, 4) is 11.5 Å². The number of nitrogens with zero attached hydrogens (tertiary/aromatic N) is 3. The number of benzene rings is 1. The number of rotatable bonds is 13. The molecule has 2 aromatic heterocycles. The summed E-state index contributed by atoms with van der Waals surface area (Å²) in [6.07, 6.45) is -6.81. The van der Waals surface area contributed by atoms with Crippen LogP contribution in [-0.4, -0.2) is 82.2 Å². The first kappa shape index (κ1) is 41.8. The van der Waals surface area contributed by atoms with Crippen molar-refractivity contribution in [3.63, 3.8) is 0 Å². The van der Waals surface area contributed by atoms with Crippen LogP contribution in [0.1, 0.15) is 91.6 Å². The molecule has 0 unspecified atom stereocenters. The molecule has 2 saturated heterocycles. The van der Waals surface area contributed by atoms with Gasteiger partial charge in [0.25, 0.3) is 11.8 Å². The monoisotopic (exact) mass is 799 g/mol. The van der Waals surface area contributed by atoms with E-state index < -0.39 is 57.4 Å². The Morgan fingerprint density at radius 3 is 2.38 bits per heavy atom. The van der Waals surface area contributed by atoms with Crippen LogP contribution in [0.5, 0.6) is 11.5 Å². The van der Waals surface area contributed by atoms with E-state index in [0.29, 0.717) is 41.6 Å². The number of para-hydroxylation sites is 1. The van der Waals surface area contributed by atoms with Gasteiger partial charge >= 0.3 is 18.3 Å². The molecule has 0 spiro atoms. The summed E-state index contributed by atoms with van der Waals surface area (Å²) in [4.78, 5) is 46.0. The highest BCUT2D eigenvalue weighted by Gasteiger charge is 2.56. The van der Waals surface area contributed by atoms with E-state index in [2.05, 4.69) is 4.98 Å². The number of thiophene rings is 1. The van der Waals surface area contributed by atoms with Crippen LogP contribution >= 0.6 is 11.3 Å². The van der Waals surface area contributed by atoms with Crippen LogP contribution < -0.4 is 9.47 Å². The fraction of sp³-hybridized carbons (Fsp3) is 0.526. The minimum absolute atomic E-state index is 0.0251. The zero-order valence-electron chi connectivity index (χ0n) is 30.4. The number of aromatic nitrogens is 1. The Bertz CT molecular complexity index is 1810. The van der Waals surface area contributed by atoms with Crippen LogP contribution in [0.25, 0.3) is 0 Å². The zero-order chi connectivity index (χ0) is 40.0. The van der Waals surface area contributed by atoms with Gasteiger partial charge in [0.2, 0.25) is 5.60 Å². The number of pyridine rings is 1. The predicted molar refractivity (Wildman–Crippen MR) is 188 cm³/mol. The minimum atomic E-state index is -4.89. The quantitative estimate of drug-likeness (QED) is 0.107. The molecule has 2 aliphatic rings. The van der Waals surface area contributed by atoms with E-state index >= 15 is 0 Å². The number of piperidine rings is 2. The first-order chi connectivity index (χ1) is 26.0. The van der Waals surface area contributed by atoms with E-state index in [4.69, 9.17) is 14.2 Å². The zero-order valence-corrected chi connectivity index (χ0v) is 31.2. The molecule has 0 aliphatic carbocycles. The van der Waals surface area contributed by atoms with Gasteiger partial charge in [-0.05, 0) is 51.2 Å². The Balaban J connectivity index is 1.44. The third-order valence-corrected chi connectivity index (χ3v) is 10.9. The number of amides is 2. The van der Waals surface area contributed by atoms with E-state index in [9.17, 15) is 45.8 Å². The lowest BCUT2D eigenvalue weighted by Gasteiger charge is -2.51. The number of ether oxygens (including phenoxy) is 3. The largest absolute Gasteiger partial charge is 0.493 e. The van der Waals surface area contributed by atoms with Gasteiger partial charge < -0.3 is 29.1 Å². The van der Waals surface area contributed by atoms with Crippen LogP contribution in [0, 0.1) is 0 Å². The molecule has 3 aromatic rings. The summed E-state index contributed by atoms with van der Waals surface area (Å²) in [5, 5.41) is 13.0. The molecule has 0 radical (unpaired) electrons. The lowest BCUT2D eigenvalue weighted by Crippen LogP contribution is -2.68. The number of carbonyl (C=O) groups is 3. The smallest absolute Gasteiger partial charge is 0.425 e. The van der Waals surface area contributed by atoms with Gasteiger partial charge in [0, 0.05) is 61.9 Å². The van der Waals surface area contributed by atoms with Gasteiger partial charge in [-0.1, -0.05) is 31.5 Å². The summed E-state index contributed by atoms with van der Waals surface area (Å²) in [5.41, 5.74) is -4.90. The molecule has 1 aromatic carbocycles. The Labute approximate surface area is 318 Å². The lowest BCUT2D eigenvalue weighted by molar-refractivity contribution is -0.163. The Morgan fingerprint density at radius 2 is 1.73 bits per heavy atom. The number of likely N-dealkylation sites (tertiary alicyclic amines) is 2. The molecule has 17 heteroatoms. The average Bonchev–Trinajstić information content (AvgIpc) is 3.63. The number of aliphatic hydroxyl groups is 1. The van der Waals surface area contributed by atoms with Crippen molar-refractivity contribution in [3.05, 3.63) is 75.7 Å². The van der Waals surface area contributed by atoms with Crippen molar-refractivity contribution in [1.29, 1.82) is 0 Å². The van der Waals surface area contributed by atoms with E-state index in [1.54, 1.807) is 38.1 Å². The summed E-state index contributed by atoms with van der Waals surface area (Å²) in [5.74, 6) is -1.92. The third-order valence-electron chi connectivity index (χ3n) is 9.91. The first-order valence-electron chi connectivity index (χ1n) is 18.1. The number of hydrogen-bond acceptors (Lipinski definition) is 9. The average molecular weight is 800 g/mol. The molecular formula is C38H43F6N3O7S. The van der Waals surface area contributed by atoms with Crippen LogP contribution in [0.2, 0.25) is 0 Å². The number of carbonyl (C=O) groups excluding carboxylic acids is 3. The van der Waals surface area contributed by atoms with Gasteiger partial charge in [0.1, 0.15) is 16.4 Å². The molecule has 1 N–H and O–H groups in total. The minimum Gasteiger partial charge on any atom is -0.493 e. The Kier molecular flexibility index (Phi) is 13.1. The molecular weight excluding hydrogens is 756 g/mol. The van der Waals surface area contributed by atoms with Gasteiger partial charge in [-0.2, -0.15) is 26.3 Å². The summed E-state index contributed by atoms with van der Waals surface area (Å²) in [7, 11) is 0. The molecule has 4 heterocycles. The summed E-state index contributed by atoms with van der Waals surface area (Å²) in [6.45, 7) is 3.81. The maximum absolute atomic E-state index is 14.9. The van der Waals surface area contributed by atoms with Gasteiger partial charge in [0.15, 0.2) is 0 Å². The first-order valence-corrected chi connectivity index (χ1v) is 19.0. The molecule has 300 valence electrons. The maximum atomic E-state index is 14.9. The van der Waals surface area contributed by atoms with Crippen LogP contribution in [0.4, 0.5) is 26.3 Å². The molecule has 5 rings (SSSR count). The molecule has 2 amide bonds. The highest BCUT2D eigenvalue weighted by molar-refractivity contribution is 7.10. The van der Waals surface area contributed by atoms with Crippen molar-refractivity contribution in [2.24, 2.45) is 0 Å². The Morgan fingerprint density at radius 1 is 1.00 bits per heavy atom. The second-order valence-electron chi connectivity index (χ2n) is 13.5. The van der Waals surface area contributed by atoms with Crippen molar-refractivity contribution in [2.75, 3.05) is 32.8 Å². The molecule has 2 fully saturated rings. The molecule has 0 saturated carbocycles. The third kappa shape index (κ3) is 9.36.